The second kappa shape index (κ2) is 5.95. The van der Waals surface area contributed by atoms with Crippen LogP contribution in [0.3, 0.4) is 0 Å². The highest BCUT2D eigenvalue weighted by atomic mass is 32.2. The average molecular weight is 370 g/mol. The molecular weight excluding hydrogens is 352 g/mol. The normalized spacial score (nSPS) is 16.5. The van der Waals surface area contributed by atoms with E-state index in [0.717, 1.165) is 11.1 Å². The second-order valence-corrected chi connectivity index (χ2v) is 8.97. The van der Waals surface area contributed by atoms with Crippen LogP contribution >= 0.6 is 0 Å². The van der Waals surface area contributed by atoms with Crippen LogP contribution in [-0.2, 0) is 20.4 Å². The lowest BCUT2D eigenvalue weighted by Gasteiger charge is -2.13. The molecule has 0 spiro atoms. The van der Waals surface area contributed by atoms with Crippen molar-refractivity contribution in [3.63, 3.8) is 0 Å². The van der Waals surface area contributed by atoms with E-state index in [2.05, 4.69) is 10.3 Å². The van der Waals surface area contributed by atoms with E-state index in [0.29, 0.717) is 16.7 Å². The molecule has 0 bridgehead atoms. The fourth-order valence-electron chi connectivity index (χ4n) is 2.94. The molecule has 1 aliphatic rings. The number of oxime groups is 1. The number of rotatable bonds is 3. The van der Waals surface area contributed by atoms with Gasteiger partial charge in [-0.15, -0.1) is 0 Å². The van der Waals surface area contributed by atoms with Gasteiger partial charge in [-0.1, -0.05) is 46.7 Å². The number of benzene rings is 2. The summed E-state index contributed by atoms with van der Waals surface area (Å²) in [6.45, 7) is 3.60. The van der Waals surface area contributed by atoms with Gasteiger partial charge in [-0.2, -0.15) is 0 Å². The van der Waals surface area contributed by atoms with Crippen molar-refractivity contribution in [2.24, 2.45) is 5.16 Å². The molecule has 0 unspecified atom stereocenters. The molecule has 3 aromatic rings. The number of hydrogen-bond donors (Lipinski definition) is 0. The first kappa shape index (κ1) is 16.8. The first-order valence-electron chi connectivity index (χ1n) is 8.26. The van der Waals surface area contributed by atoms with Crippen molar-refractivity contribution in [3.05, 3.63) is 54.2 Å². The summed E-state index contributed by atoms with van der Waals surface area (Å²) in [6.07, 6.45) is 0.250. The van der Waals surface area contributed by atoms with Crippen LogP contribution in [-0.4, -0.2) is 24.2 Å². The maximum absolute atomic E-state index is 12.7. The van der Waals surface area contributed by atoms with E-state index < -0.39 is 15.4 Å². The lowest BCUT2D eigenvalue weighted by atomic mass is 10.0. The average Bonchev–Trinajstić information content (AvgIpc) is 3.18. The molecule has 26 heavy (non-hydrogen) atoms. The molecule has 4 rings (SSSR count). The lowest BCUT2D eigenvalue weighted by molar-refractivity contribution is 0.0123. The summed E-state index contributed by atoms with van der Waals surface area (Å²) in [4.78, 5) is 5.19. The van der Waals surface area contributed by atoms with Gasteiger partial charge in [-0.25, -0.2) is 8.42 Å². The van der Waals surface area contributed by atoms with Crippen molar-refractivity contribution in [1.82, 2.24) is 5.16 Å². The monoisotopic (exact) mass is 370 g/mol. The third-order valence-electron chi connectivity index (χ3n) is 4.31. The number of fused-ring (bicyclic) bond motifs is 1. The predicted octanol–water partition coefficient (Wildman–Crippen LogP) is 3.92. The van der Waals surface area contributed by atoms with Crippen molar-refractivity contribution < 1.29 is 17.8 Å². The minimum atomic E-state index is -3.62. The summed E-state index contributed by atoms with van der Waals surface area (Å²) in [5.74, 6) is -0.267. The van der Waals surface area contributed by atoms with Crippen LogP contribution in [0.5, 0.6) is 0 Å². The first-order valence-corrected chi connectivity index (χ1v) is 9.91. The molecule has 0 atom stereocenters. The van der Waals surface area contributed by atoms with E-state index in [4.69, 9.17) is 9.36 Å². The standard InChI is InChI=1S/C19H18N2O4S/c1-19(2)11-18(21-25-19)26(22,23)12-16-15-10-14(8-9-17(15)24-20-16)13-6-4-3-5-7-13/h3-10H,11-12H2,1-2H3. The highest BCUT2D eigenvalue weighted by Crippen LogP contribution is 2.30. The third-order valence-corrected chi connectivity index (χ3v) is 5.90. The molecule has 1 aromatic heterocycles. The van der Waals surface area contributed by atoms with Gasteiger partial charge in [0, 0.05) is 11.8 Å². The van der Waals surface area contributed by atoms with Crippen molar-refractivity contribution in [3.8, 4) is 11.1 Å². The number of nitrogens with zero attached hydrogens (tertiary/aromatic N) is 2. The van der Waals surface area contributed by atoms with Crippen molar-refractivity contribution in [2.75, 3.05) is 0 Å². The Hall–Kier alpha value is -2.67. The van der Waals surface area contributed by atoms with Crippen molar-refractivity contribution in [1.29, 1.82) is 0 Å². The summed E-state index contributed by atoms with van der Waals surface area (Å²) in [6, 6.07) is 15.5. The zero-order valence-electron chi connectivity index (χ0n) is 14.5. The Bertz CT molecular complexity index is 1100. The molecular formula is C19H18N2O4S. The van der Waals surface area contributed by atoms with Gasteiger partial charge in [0.1, 0.15) is 17.0 Å². The minimum Gasteiger partial charge on any atom is -0.389 e. The maximum Gasteiger partial charge on any atom is 0.200 e. The Balaban J connectivity index is 1.69. The van der Waals surface area contributed by atoms with E-state index >= 15 is 0 Å². The summed E-state index contributed by atoms with van der Waals surface area (Å²) >= 11 is 0. The van der Waals surface area contributed by atoms with Gasteiger partial charge in [0.15, 0.2) is 10.6 Å². The third kappa shape index (κ3) is 3.10. The zero-order chi connectivity index (χ0) is 18.4. The Labute approximate surface area is 151 Å². The van der Waals surface area contributed by atoms with Gasteiger partial charge < -0.3 is 9.36 Å². The van der Waals surface area contributed by atoms with Crippen LogP contribution in [0.2, 0.25) is 0 Å². The molecule has 0 saturated heterocycles. The molecule has 0 saturated carbocycles. The van der Waals surface area contributed by atoms with Crippen LogP contribution < -0.4 is 0 Å². The van der Waals surface area contributed by atoms with Crippen LogP contribution in [0.25, 0.3) is 22.1 Å². The predicted molar refractivity (Wildman–Crippen MR) is 99.3 cm³/mol. The molecule has 134 valence electrons. The van der Waals surface area contributed by atoms with Crippen molar-refractivity contribution >= 4 is 25.9 Å². The molecule has 6 nitrogen and oxygen atoms in total. The quantitative estimate of drug-likeness (QED) is 0.698. The van der Waals surface area contributed by atoms with E-state index in [9.17, 15) is 8.42 Å². The van der Waals surface area contributed by atoms with Crippen LogP contribution in [0.1, 0.15) is 26.0 Å². The van der Waals surface area contributed by atoms with Gasteiger partial charge in [0.2, 0.25) is 9.84 Å². The number of sulfone groups is 1. The molecule has 2 heterocycles. The largest absolute Gasteiger partial charge is 0.389 e. The summed E-state index contributed by atoms with van der Waals surface area (Å²) in [7, 11) is -3.62. The van der Waals surface area contributed by atoms with E-state index in [1.807, 2.05) is 42.5 Å². The summed E-state index contributed by atoms with van der Waals surface area (Å²) in [5.41, 5.74) is 2.35. The highest BCUT2D eigenvalue weighted by molar-refractivity contribution is 8.05. The fourth-order valence-corrected chi connectivity index (χ4v) is 4.39. The smallest absolute Gasteiger partial charge is 0.200 e. The lowest BCUT2D eigenvalue weighted by Crippen LogP contribution is -2.23. The second-order valence-electron chi connectivity index (χ2n) is 6.98. The zero-order valence-corrected chi connectivity index (χ0v) is 15.3. The fraction of sp³-hybridized carbons (Fsp3) is 0.263. The van der Waals surface area contributed by atoms with Crippen molar-refractivity contribution in [2.45, 2.75) is 31.6 Å². The molecule has 7 heteroatoms. The van der Waals surface area contributed by atoms with Gasteiger partial charge in [-0.05, 0) is 37.1 Å². The van der Waals surface area contributed by atoms with E-state index in [1.165, 1.54) is 0 Å². The molecule has 2 aromatic carbocycles. The number of aromatic nitrogens is 1. The van der Waals surface area contributed by atoms with E-state index in [1.54, 1.807) is 19.9 Å². The molecule has 0 radical (unpaired) electrons. The molecule has 0 amide bonds. The highest BCUT2D eigenvalue weighted by Gasteiger charge is 2.36. The van der Waals surface area contributed by atoms with Crippen LogP contribution in [0, 0.1) is 0 Å². The Morgan fingerprint density at radius 2 is 1.85 bits per heavy atom. The minimum absolute atomic E-state index is 0.0536. The van der Waals surface area contributed by atoms with E-state index in [-0.39, 0.29) is 17.2 Å². The summed E-state index contributed by atoms with van der Waals surface area (Å²) < 4.78 is 30.7. The van der Waals surface area contributed by atoms with Gasteiger partial charge >= 0.3 is 0 Å². The molecule has 0 aliphatic carbocycles. The Kier molecular flexibility index (Phi) is 3.84. The first-order chi connectivity index (χ1) is 12.3. The van der Waals surface area contributed by atoms with Gasteiger partial charge in [0.25, 0.3) is 0 Å². The Morgan fingerprint density at radius 1 is 1.08 bits per heavy atom. The van der Waals surface area contributed by atoms with Gasteiger partial charge in [-0.3, -0.25) is 0 Å². The topological polar surface area (TPSA) is 81.8 Å². The number of hydrogen-bond acceptors (Lipinski definition) is 6. The molecule has 0 N–H and O–H groups in total. The SMILES string of the molecule is CC1(C)CC(S(=O)(=O)Cc2noc3ccc(-c4ccccc4)cc23)=NO1. The Morgan fingerprint density at radius 3 is 2.54 bits per heavy atom. The molecule has 0 fully saturated rings. The maximum atomic E-state index is 12.7. The molecule has 1 aliphatic heterocycles. The van der Waals surface area contributed by atoms with Gasteiger partial charge in [0.05, 0.1) is 0 Å². The van der Waals surface area contributed by atoms with Crippen LogP contribution in [0.4, 0.5) is 0 Å². The summed E-state index contributed by atoms with van der Waals surface area (Å²) in [5, 5.41) is 8.47. The van der Waals surface area contributed by atoms with Crippen LogP contribution in [0.15, 0.2) is 58.2 Å².